The molecule has 0 amide bonds. The van der Waals surface area contributed by atoms with Gasteiger partial charge in [0.1, 0.15) is 23.9 Å². The molecule has 0 saturated heterocycles. The second-order valence-electron chi connectivity index (χ2n) is 6.31. The molecule has 3 rings (SSSR count). The van der Waals surface area contributed by atoms with Crippen molar-refractivity contribution in [2.45, 2.75) is 12.4 Å². The molecule has 3 aromatic rings. The summed E-state index contributed by atoms with van der Waals surface area (Å²) in [7, 11) is -3.46. The zero-order valence-corrected chi connectivity index (χ0v) is 16.4. The number of nitrogens with zero attached hydrogens (tertiary/aromatic N) is 1. The lowest BCUT2D eigenvalue weighted by Gasteiger charge is -2.08. The zero-order valence-electron chi connectivity index (χ0n) is 15.5. The van der Waals surface area contributed by atoms with Gasteiger partial charge in [0.05, 0.1) is 5.75 Å². The lowest BCUT2D eigenvalue weighted by atomic mass is 10.2. The van der Waals surface area contributed by atoms with Crippen LogP contribution in [0.2, 0.25) is 0 Å². The van der Waals surface area contributed by atoms with Crippen molar-refractivity contribution in [1.82, 2.24) is 9.97 Å². The van der Waals surface area contributed by atoms with Crippen LogP contribution >= 0.6 is 0 Å². The topological polar surface area (TPSA) is 109 Å². The molecule has 0 fully saturated rings. The predicted molar refractivity (Wildman–Crippen MR) is 108 cm³/mol. The van der Waals surface area contributed by atoms with E-state index in [0.717, 1.165) is 17.4 Å². The van der Waals surface area contributed by atoms with Crippen LogP contribution in [0.4, 0.5) is 0 Å². The van der Waals surface area contributed by atoms with Gasteiger partial charge in [0, 0.05) is 17.4 Å². The number of hydrogen-bond donors (Lipinski definition) is 2. The molecule has 0 atom stereocenters. The Balaban J connectivity index is 1.69. The van der Waals surface area contributed by atoms with E-state index in [1.165, 1.54) is 0 Å². The van der Waals surface area contributed by atoms with Crippen molar-refractivity contribution < 1.29 is 18.3 Å². The molecule has 2 aromatic carbocycles. The largest absolute Gasteiger partial charge is 0.502 e. The first-order valence-corrected chi connectivity index (χ1v) is 10.6. The summed E-state index contributed by atoms with van der Waals surface area (Å²) in [5, 5.41) is 9.71. The second-order valence-corrected chi connectivity index (χ2v) is 8.45. The van der Waals surface area contributed by atoms with Crippen molar-refractivity contribution in [2.24, 2.45) is 0 Å². The summed E-state index contributed by atoms with van der Waals surface area (Å²) in [6.45, 7) is -0.0959. The third-order valence-corrected chi connectivity index (χ3v) is 4.57. The molecule has 0 radical (unpaired) electrons. The number of nitrogens with one attached hydrogen (secondary N) is 1. The zero-order chi connectivity index (χ0) is 20.9. The summed E-state index contributed by atoms with van der Waals surface area (Å²) < 4.78 is 28.4. The normalized spacial score (nSPS) is 10.8. The number of H-pyrrole nitrogens is 1. The minimum atomic E-state index is -3.46. The molecule has 1 aromatic heterocycles. The average molecular weight is 410 g/mol. The van der Waals surface area contributed by atoms with Crippen LogP contribution in [0.1, 0.15) is 22.6 Å². The van der Waals surface area contributed by atoms with Crippen LogP contribution < -0.4 is 10.3 Å². The molecule has 0 spiro atoms. The van der Waals surface area contributed by atoms with Crippen molar-refractivity contribution in [3.8, 4) is 23.3 Å². The van der Waals surface area contributed by atoms with Gasteiger partial charge in [-0.25, -0.2) is 13.4 Å². The fraction of sp³-hybridized carbons (Fsp3) is 0.143. The first kappa shape index (κ1) is 20.2. The van der Waals surface area contributed by atoms with E-state index in [4.69, 9.17) is 4.74 Å². The second kappa shape index (κ2) is 8.63. The highest BCUT2D eigenvalue weighted by Crippen LogP contribution is 2.15. The monoisotopic (exact) mass is 410 g/mol. The first-order valence-electron chi connectivity index (χ1n) is 8.59. The van der Waals surface area contributed by atoms with Gasteiger partial charge in [-0.2, -0.15) is 0 Å². The van der Waals surface area contributed by atoms with E-state index in [9.17, 15) is 18.3 Å². The summed E-state index contributed by atoms with van der Waals surface area (Å²) in [5.41, 5.74) is 0.707. The number of sulfone groups is 1. The van der Waals surface area contributed by atoms with Gasteiger partial charge >= 0.3 is 0 Å². The standard InChI is InChI=1S/C21H18N2O5S/c1-29(26,27)14-18-20(24)21(25)23-19(22-18)13-28-17-11-9-16(10-12-17)8-7-15-5-3-2-4-6-15/h2-6,9-12,24H,13-14H2,1H3,(H,22,23,25). The number of benzene rings is 2. The summed E-state index contributed by atoms with van der Waals surface area (Å²) in [5.74, 6) is 5.51. The smallest absolute Gasteiger partial charge is 0.293 e. The third-order valence-electron chi connectivity index (χ3n) is 3.77. The molecule has 0 unspecified atom stereocenters. The van der Waals surface area contributed by atoms with E-state index in [-0.39, 0.29) is 18.1 Å². The van der Waals surface area contributed by atoms with Gasteiger partial charge in [-0.15, -0.1) is 0 Å². The molecular weight excluding hydrogens is 392 g/mol. The first-order chi connectivity index (χ1) is 13.8. The van der Waals surface area contributed by atoms with Crippen molar-refractivity contribution in [1.29, 1.82) is 0 Å². The molecule has 2 N–H and O–H groups in total. The van der Waals surface area contributed by atoms with Gasteiger partial charge in [0.2, 0.25) is 5.75 Å². The fourth-order valence-electron chi connectivity index (χ4n) is 2.43. The Hall–Kier alpha value is -3.57. The molecule has 0 aliphatic heterocycles. The quantitative estimate of drug-likeness (QED) is 0.623. The van der Waals surface area contributed by atoms with Gasteiger partial charge in [-0.3, -0.25) is 4.79 Å². The molecule has 29 heavy (non-hydrogen) atoms. The van der Waals surface area contributed by atoms with Crippen LogP contribution in [-0.4, -0.2) is 29.7 Å². The Morgan fingerprint density at radius 2 is 1.66 bits per heavy atom. The molecule has 0 aliphatic rings. The van der Waals surface area contributed by atoms with Crippen LogP contribution in [0.5, 0.6) is 11.5 Å². The minimum absolute atomic E-state index is 0.0959. The van der Waals surface area contributed by atoms with Gasteiger partial charge in [0.25, 0.3) is 5.56 Å². The average Bonchev–Trinajstić information content (AvgIpc) is 2.69. The molecule has 8 heteroatoms. The molecule has 148 valence electrons. The lowest BCUT2D eigenvalue weighted by molar-refractivity contribution is 0.294. The molecule has 7 nitrogen and oxygen atoms in total. The van der Waals surface area contributed by atoms with E-state index in [1.807, 2.05) is 30.3 Å². The number of rotatable bonds is 5. The van der Waals surface area contributed by atoms with E-state index in [1.54, 1.807) is 24.3 Å². The number of ether oxygens (including phenoxy) is 1. The molecule has 0 aliphatic carbocycles. The van der Waals surface area contributed by atoms with E-state index in [2.05, 4.69) is 21.8 Å². The fourth-order valence-corrected chi connectivity index (χ4v) is 3.13. The van der Waals surface area contributed by atoms with Crippen molar-refractivity contribution in [3.63, 3.8) is 0 Å². The minimum Gasteiger partial charge on any atom is -0.502 e. The van der Waals surface area contributed by atoms with Gasteiger partial charge in [0.15, 0.2) is 9.84 Å². The highest BCUT2D eigenvalue weighted by molar-refractivity contribution is 7.89. The predicted octanol–water partition coefficient (Wildman–Crippen LogP) is 2.00. The van der Waals surface area contributed by atoms with Gasteiger partial charge in [-0.05, 0) is 36.4 Å². The molecule has 0 bridgehead atoms. The van der Waals surface area contributed by atoms with Crippen molar-refractivity contribution in [2.75, 3.05) is 6.26 Å². The lowest BCUT2D eigenvalue weighted by Crippen LogP contribution is -2.17. The van der Waals surface area contributed by atoms with Crippen LogP contribution in [-0.2, 0) is 22.2 Å². The van der Waals surface area contributed by atoms with Gasteiger partial charge < -0.3 is 14.8 Å². The third kappa shape index (κ3) is 5.96. The van der Waals surface area contributed by atoms with Crippen LogP contribution in [0.25, 0.3) is 0 Å². The summed E-state index contributed by atoms with van der Waals surface area (Å²) in [4.78, 5) is 18.1. The maximum absolute atomic E-state index is 11.8. The Morgan fingerprint density at radius 3 is 2.28 bits per heavy atom. The summed E-state index contributed by atoms with van der Waals surface area (Å²) >= 11 is 0. The van der Waals surface area contributed by atoms with Gasteiger partial charge in [-0.1, -0.05) is 30.0 Å². The number of aromatic nitrogens is 2. The number of aromatic hydroxyl groups is 1. The Labute approximate surface area is 168 Å². The SMILES string of the molecule is CS(=O)(=O)Cc1nc(COc2ccc(C#Cc3ccccc3)cc2)[nH]c(=O)c1O. The Bertz CT molecular complexity index is 1220. The highest BCUT2D eigenvalue weighted by atomic mass is 32.2. The summed E-state index contributed by atoms with van der Waals surface area (Å²) in [6, 6.07) is 16.7. The molecule has 1 heterocycles. The van der Waals surface area contributed by atoms with Crippen LogP contribution in [0.15, 0.2) is 59.4 Å². The van der Waals surface area contributed by atoms with Crippen molar-refractivity contribution >= 4 is 9.84 Å². The summed E-state index contributed by atoms with van der Waals surface area (Å²) in [6.07, 6.45) is 0.994. The Kier molecular flexibility index (Phi) is 6.00. The maximum atomic E-state index is 11.8. The molecule has 0 saturated carbocycles. The van der Waals surface area contributed by atoms with Crippen molar-refractivity contribution in [3.05, 3.63) is 87.6 Å². The van der Waals surface area contributed by atoms with Crippen LogP contribution in [0, 0.1) is 11.8 Å². The highest BCUT2D eigenvalue weighted by Gasteiger charge is 2.15. The van der Waals surface area contributed by atoms with E-state index in [0.29, 0.717) is 5.75 Å². The maximum Gasteiger partial charge on any atom is 0.293 e. The van der Waals surface area contributed by atoms with E-state index >= 15 is 0 Å². The number of aromatic amines is 1. The number of hydrogen-bond acceptors (Lipinski definition) is 6. The van der Waals surface area contributed by atoms with E-state index < -0.39 is 26.9 Å². The van der Waals surface area contributed by atoms with Crippen LogP contribution in [0.3, 0.4) is 0 Å². The molecular formula is C21H18N2O5S. The Morgan fingerprint density at radius 1 is 1.03 bits per heavy atom.